The molecule has 14 nitrogen and oxygen atoms in total. The van der Waals surface area contributed by atoms with Gasteiger partial charge in [0, 0.05) is 108 Å². The fourth-order valence-electron chi connectivity index (χ4n) is 6.55. The van der Waals surface area contributed by atoms with Crippen LogP contribution in [0.4, 0.5) is 0 Å². The Kier molecular flexibility index (Phi) is 19.1. The summed E-state index contributed by atoms with van der Waals surface area (Å²) < 4.78 is 0. The maximum atomic E-state index is 11.6. The molecule has 0 aliphatic heterocycles. The number of nitrogens with zero attached hydrogens (tertiary/aromatic N) is 3. The highest BCUT2D eigenvalue weighted by molar-refractivity contribution is 5.90. The van der Waals surface area contributed by atoms with E-state index >= 15 is 0 Å². The molecule has 0 atom stereocenters. The molecular weight excluding hydrogens is 811 g/mol. The van der Waals surface area contributed by atoms with E-state index in [0.29, 0.717) is 18.6 Å². The number of aromatic nitrogens is 4. The van der Waals surface area contributed by atoms with Crippen LogP contribution in [0.1, 0.15) is 22.3 Å². The zero-order valence-electron chi connectivity index (χ0n) is 37.3. The number of aliphatic carboxylic acids is 3. The second kappa shape index (κ2) is 24.9. The number of carboxylic acid groups (broad SMARTS) is 3. The van der Waals surface area contributed by atoms with Crippen LogP contribution in [0.5, 0.6) is 0 Å². The molecule has 336 valence electrons. The van der Waals surface area contributed by atoms with E-state index in [1.807, 2.05) is 54.7 Å². The number of carbonyl (C=O) groups excluding carboxylic acids is 1. The molecule has 0 aliphatic carbocycles. The number of para-hydroxylation sites is 4. The van der Waals surface area contributed by atoms with Gasteiger partial charge in [0.15, 0.2) is 0 Å². The third-order valence-corrected chi connectivity index (χ3v) is 9.91. The molecule has 0 fully saturated rings. The van der Waals surface area contributed by atoms with Crippen LogP contribution in [0, 0.1) is 0 Å². The topological polar surface area (TPSA) is 202 Å². The summed E-state index contributed by atoms with van der Waals surface area (Å²) in [5.41, 5.74) is 9.26. The average molecular weight is 870 g/mol. The monoisotopic (exact) mass is 869 g/mol. The lowest BCUT2D eigenvalue weighted by Gasteiger charge is -2.08. The van der Waals surface area contributed by atoms with Gasteiger partial charge in [0.1, 0.15) is 0 Å². The standard InChI is InChI=1S/C12H14N2O.2C12H16N2.C10H9NO2.C4H4O4/c1-14(2)12(15)7-9-8-13-11-6-4-3-5-10(9)11;2*1-14(2)8-7-10-9-13-12-6-4-3-5-11(10)12;12-10(13)5-7-6-11-9-4-2-1-3-8(7)9;5-3(6)1-2-4(7)8/h3-6,8,13H,7H2,1-2H3;2*3-6,9,13H,7-8H2,1-2H3;1-4,6,11H,5H2,(H,12,13);1-2H,(H,5,6)(H,7,8)/b;;;;2-1+. The molecule has 0 radical (unpaired) electrons. The minimum Gasteiger partial charge on any atom is -0.481 e. The summed E-state index contributed by atoms with van der Waals surface area (Å²) in [5, 5.41) is 29.1. The molecule has 0 aliphatic rings. The van der Waals surface area contributed by atoms with Gasteiger partial charge in [-0.2, -0.15) is 0 Å². The number of rotatable bonds is 12. The van der Waals surface area contributed by atoms with Gasteiger partial charge in [0.2, 0.25) is 5.91 Å². The summed E-state index contributed by atoms with van der Waals surface area (Å²) >= 11 is 0. The fourth-order valence-corrected chi connectivity index (χ4v) is 6.55. The lowest BCUT2D eigenvalue weighted by molar-refractivity contribution is -0.136. The van der Waals surface area contributed by atoms with E-state index in [0.717, 1.165) is 58.9 Å². The summed E-state index contributed by atoms with van der Waals surface area (Å²) in [6, 6.07) is 32.6. The number of H-pyrrole nitrogens is 4. The van der Waals surface area contributed by atoms with Gasteiger partial charge in [-0.1, -0.05) is 72.8 Å². The van der Waals surface area contributed by atoms with Crippen LogP contribution >= 0.6 is 0 Å². The number of carbonyl (C=O) groups is 4. The summed E-state index contributed by atoms with van der Waals surface area (Å²) in [7, 11) is 12.0. The summed E-state index contributed by atoms with van der Waals surface area (Å²) in [6.07, 6.45) is 11.8. The molecule has 4 heterocycles. The SMILES string of the molecule is CN(C)C(=O)Cc1c[nH]c2ccccc12.CN(C)CCc1c[nH]c2ccccc12.CN(C)CCc1c[nH]c2ccccc12.O=C(O)/C=C/C(=O)O.O=C(O)Cc1c[nH]c2ccccc12. The second-order valence-corrected chi connectivity index (χ2v) is 15.6. The molecular formula is C50H59N7O7. The molecule has 8 aromatic rings. The number of hydrogen-bond donors (Lipinski definition) is 7. The highest BCUT2D eigenvalue weighted by Crippen LogP contribution is 2.21. The van der Waals surface area contributed by atoms with Crippen molar-refractivity contribution in [3.63, 3.8) is 0 Å². The van der Waals surface area contributed by atoms with Crippen molar-refractivity contribution in [3.8, 4) is 0 Å². The Morgan fingerprint density at radius 1 is 0.453 bits per heavy atom. The first-order valence-electron chi connectivity index (χ1n) is 20.7. The number of nitrogens with one attached hydrogen (secondary N) is 4. The van der Waals surface area contributed by atoms with Crippen LogP contribution in [0.3, 0.4) is 0 Å². The Hall–Kier alpha value is -7.42. The quantitative estimate of drug-likeness (QED) is 0.0597. The molecule has 0 unspecified atom stereocenters. The highest BCUT2D eigenvalue weighted by Gasteiger charge is 2.10. The van der Waals surface area contributed by atoms with Gasteiger partial charge in [0.25, 0.3) is 0 Å². The number of likely N-dealkylation sites (N-methyl/N-ethyl adjacent to an activating group) is 3. The molecule has 0 spiro atoms. The number of benzene rings is 4. The van der Waals surface area contributed by atoms with Crippen LogP contribution in [0.15, 0.2) is 134 Å². The molecule has 0 saturated carbocycles. The molecule has 0 saturated heterocycles. The summed E-state index contributed by atoms with van der Waals surface area (Å²) in [4.78, 5) is 60.0. The maximum absolute atomic E-state index is 11.6. The molecule has 8 rings (SSSR count). The van der Waals surface area contributed by atoms with Gasteiger partial charge < -0.3 is 50.0 Å². The van der Waals surface area contributed by atoms with Crippen LogP contribution in [-0.4, -0.2) is 129 Å². The zero-order valence-corrected chi connectivity index (χ0v) is 37.3. The first kappa shape index (κ1) is 49.2. The number of aromatic amines is 4. The second-order valence-electron chi connectivity index (χ2n) is 15.6. The number of fused-ring (bicyclic) bond motifs is 4. The first-order valence-corrected chi connectivity index (χ1v) is 20.7. The van der Waals surface area contributed by atoms with Crippen molar-refractivity contribution in [1.29, 1.82) is 0 Å². The van der Waals surface area contributed by atoms with Crippen molar-refractivity contribution in [2.45, 2.75) is 25.7 Å². The number of carboxylic acids is 3. The largest absolute Gasteiger partial charge is 0.481 e. The number of hydrogen-bond acceptors (Lipinski definition) is 6. The van der Waals surface area contributed by atoms with E-state index in [-0.39, 0.29) is 12.3 Å². The molecule has 14 heteroatoms. The minimum absolute atomic E-state index is 0.0734. The molecule has 64 heavy (non-hydrogen) atoms. The summed E-state index contributed by atoms with van der Waals surface area (Å²) in [5.74, 6) is -3.19. The van der Waals surface area contributed by atoms with Crippen LogP contribution in [0.25, 0.3) is 43.6 Å². The molecule has 4 aromatic heterocycles. The number of amides is 1. The van der Waals surface area contributed by atoms with E-state index in [4.69, 9.17) is 15.3 Å². The van der Waals surface area contributed by atoms with Crippen molar-refractivity contribution in [1.82, 2.24) is 34.6 Å². The van der Waals surface area contributed by atoms with Gasteiger partial charge in [0.05, 0.1) is 12.8 Å². The maximum Gasteiger partial charge on any atom is 0.328 e. The molecule has 0 bridgehead atoms. The predicted molar refractivity (Wildman–Crippen MR) is 256 cm³/mol. The van der Waals surface area contributed by atoms with E-state index in [1.54, 1.807) is 25.2 Å². The van der Waals surface area contributed by atoms with Crippen molar-refractivity contribution in [2.75, 3.05) is 55.4 Å². The van der Waals surface area contributed by atoms with Crippen molar-refractivity contribution < 1.29 is 34.5 Å². The van der Waals surface area contributed by atoms with Crippen LogP contribution in [0.2, 0.25) is 0 Å². The van der Waals surface area contributed by atoms with Crippen molar-refractivity contribution in [3.05, 3.63) is 156 Å². The first-order chi connectivity index (χ1) is 30.6. The third-order valence-electron chi connectivity index (χ3n) is 9.91. The van der Waals surface area contributed by atoms with Crippen LogP contribution in [-0.2, 0) is 44.9 Å². The smallest absolute Gasteiger partial charge is 0.328 e. The van der Waals surface area contributed by atoms with E-state index in [1.165, 1.54) is 32.9 Å². The minimum atomic E-state index is -1.26. The predicted octanol–water partition coefficient (Wildman–Crippen LogP) is 7.85. The van der Waals surface area contributed by atoms with E-state index in [2.05, 4.69) is 119 Å². The normalized spacial score (nSPS) is 10.8. The van der Waals surface area contributed by atoms with Crippen molar-refractivity contribution in [2.24, 2.45) is 0 Å². The fraction of sp³-hybridized carbons (Fsp3) is 0.240. The van der Waals surface area contributed by atoms with Crippen molar-refractivity contribution >= 4 is 67.4 Å². The van der Waals surface area contributed by atoms with Gasteiger partial charge >= 0.3 is 17.9 Å². The lowest BCUT2D eigenvalue weighted by atomic mass is 10.1. The average Bonchev–Trinajstić information content (AvgIpc) is 4.08. The Labute approximate surface area is 372 Å². The van der Waals surface area contributed by atoms with Gasteiger partial charge in [-0.25, -0.2) is 9.59 Å². The molecule has 1 amide bonds. The molecule has 7 N–H and O–H groups in total. The zero-order chi connectivity index (χ0) is 46.6. The highest BCUT2D eigenvalue weighted by atomic mass is 16.4. The van der Waals surface area contributed by atoms with E-state index < -0.39 is 17.9 Å². The lowest BCUT2D eigenvalue weighted by Crippen LogP contribution is -2.23. The van der Waals surface area contributed by atoms with Gasteiger partial charge in [-0.05, 0) is 87.6 Å². The van der Waals surface area contributed by atoms with Gasteiger partial charge in [-0.3, -0.25) is 9.59 Å². The van der Waals surface area contributed by atoms with E-state index in [9.17, 15) is 19.2 Å². The molecule has 4 aromatic carbocycles. The summed E-state index contributed by atoms with van der Waals surface area (Å²) in [6.45, 7) is 2.20. The van der Waals surface area contributed by atoms with Crippen LogP contribution < -0.4 is 0 Å². The Balaban J connectivity index is 0.000000178. The van der Waals surface area contributed by atoms with Gasteiger partial charge in [-0.15, -0.1) is 0 Å². The Morgan fingerprint density at radius 3 is 1.05 bits per heavy atom. The Morgan fingerprint density at radius 2 is 0.750 bits per heavy atom. The Bertz CT molecular complexity index is 2660. The third kappa shape index (κ3) is 15.8.